The molecular weight excluding hydrogens is 220 g/mol. The van der Waals surface area contributed by atoms with Gasteiger partial charge in [0.25, 0.3) is 0 Å². The molecule has 1 atom stereocenters. The van der Waals surface area contributed by atoms with Gasteiger partial charge >= 0.3 is 0 Å². The first kappa shape index (κ1) is 13.6. The van der Waals surface area contributed by atoms with Crippen molar-refractivity contribution in [3.63, 3.8) is 0 Å². The summed E-state index contributed by atoms with van der Waals surface area (Å²) in [5.41, 5.74) is -0.0643. The number of rotatable bonds is 6. The van der Waals surface area contributed by atoms with Crippen LogP contribution in [0.3, 0.4) is 0 Å². The fraction of sp³-hybridized carbons (Fsp3) is 0.750. The maximum atomic E-state index is 5.41. The largest absolute Gasteiger partial charge is 0.379 e. The van der Waals surface area contributed by atoms with Crippen LogP contribution >= 0.6 is 11.3 Å². The minimum Gasteiger partial charge on any atom is -0.379 e. The van der Waals surface area contributed by atoms with Crippen molar-refractivity contribution in [1.29, 1.82) is 0 Å². The van der Waals surface area contributed by atoms with E-state index in [4.69, 9.17) is 4.74 Å². The van der Waals surface area contributed by atoms with Gasteiger partial charge in [0, 0.05) is 30.8 Å². The molecule has 0 radical (unpaired) electrons. The highest BCUT2D eigenvalue weighted by molar-refractivity contribution is 7.11. The molecule has 1 aromatic heterocycles. The first-order chi connectivity index (χ1) is 7.43. The quantitative estimate of drug-likeness (QED) is 0.833. The second-order valence-electron chi connectivity index (χ2n) is 4.81. The van der Waals surface area contributed by atoms with Crippen LogP contribution in [-0.2, 0) is 11.3 Å². The third-order valence-corrected chi connectivity index (χ3v) is 3.53. The van der Waals surface area contributed by atoms with Gasteiger partial charge in [-0.2, -0.15) is 0 Å². The molecule has 16 heavy (non-hydrogen) atoms. The number of nitrogens with one attached hydrogen (secondary N) is 1. The first-order valence-corrected chi connectivity index (χ1v) is 6.44. The van der Waals surface area contributed by atoms with Crippen LogP contribution in [0.5, 0.6) is 0 Å². The van der Waals surface area contributed by atoms with Crippen LogP contribution in [0.25, 0.3) is 0 Å². The molecule has 0 aromatic carbocycles. The number of methoxy groups -OCH3 is 1. The normalized spacial score (nSPS) is 14.1. The van der Waals surface area contributed by atoms with Crippen molar-refractivity contribution in [2.45, 2.75) is 52.3 Å². The van der Waals surface area contributed by atoms with E-state index >= 15 is 0 Å². The zero-order valence-electron chi connectivity index (χ0n) is 10.8. The second kappa shape index (κ2) is 5.75. The Morgan fingerprint density at radius 3 is 2.75 bits per heavy atom. The van der Waals surface area contributed by atoms with Gasteiger partial charge in [-0.05, 0) is 34.1 Å². The highest BCUT2D eigenvalue weighted by Gasteiger charge is 2.19. The number of ether oxygens (including phenoxy) is 1. The number of nitrogens with zero attached hydrogens (tertiary/aromatic N) is 1. The summed E-state index contributed by atoms with van der Waals surface area (Å²) in [6.45, 7) is 9.33. The van der Waals surface area contributed by atoms with Crippen molar-refractivity contribution in [2.75, 3.05) is 7.11 Å². The van der Waals surface area contributed by atoms with Crippen molar-refractivity contribution >= 4 is 11.3 Å². The van der Waals surface area contributed by atoms with Crippen LogP contribution in [0.15, 0.2) is 6.20 Å². The molecule has 1 aromatic rings. The molecule has 1 heterocycles. The molecule has 1 rings (SSSR count). The Balaban J connectivity index is 2.33. The Kier molecular flexibility index (Phi) is 4.89. The van der Waals surface area contributed by atoms with E-state index in [0.717, 1.165) is 18.0 Å². The Morgan fingerprint density at radius 1 is 1.56 bits per heavy atom. The Labute approximate surface area is 102 Å². The van der Waals surface area contributed by atoms with Gasteiger partial charge in [0.15, 0.2) is 0 Å². The summed E-state index contributed by atoms with van der Waals surface area (Å²) in [7, 11) is 1.76. The summed E-state index contributed by atoms with van der Waals surface area (Å²) < 4.78 is 5.41. The minimum atomic E-state index is -0.0643. The Bertz CT molecular complexity index is 323. The SMILES string of the molecule is COC(C)(C)CC(C)NCc1ncc(C)s1. The van der Waals surface area contributed by atoms with Gasteiger partial charge < -0.3 is 10.1 Å². The fourth-order valence-corrected chi connectivity index (χ4v) is 2.38. The van der Waals surface area contributed by atoms with E-state index in [9.17, 15) is 0 Å². The van der Waals surface area contributed by atoms with Gasteiger partial charge in [0.05, 0.1) is 5.60 Å². The zero-order valence-corrected chi connectivity index (χ0v) is 11.6. The van der Waals surface area contributed by atoms with Gasteiger partial charge in [-0.3, -0.25) is 0 Å². The predicted molar refractivity (Wildman–Crippen MR) is 68.9 cm³/mol. The molecule has 0 spiro atoms. The molecule has 4 heteroatoms. The average molecular weight is 242 g/mol. The molecule has 0 aliphatic carbocycles. The summed E-state index contributed by atoms with van der Waals surface area (Å²) in [6, 6.07) is 0.430. The van der Waals surface area contributed by atoms with Crippen molar-refractivity contribution in [3.8, 4) is 0 Å². The molecule has 1 N–H and O–H groups in total. The van der Waals surface area contributed by atoms with Crippen LogP contribution in [0, 0.1) is 6.92 Å². The molecule has 0 saturated carbocycles. The zero-order chi connectivity index (χ0) is 12.2. The van der Waals surface area contributed by atoms with Crippen LogP contribution in [0.1, 0.15) is 37.1 Å². The summed E-state index contributed by atoms with van der Waals surface area (Å²) in [6.07, 6.45) is 2.92. The molecule has 1 unspecified atom stereocenters. The maximum absolute atomic E-state index is 5.41. The van der Waals surface area contributed by atoms with Crippen molar-refractivity contribution in [1.82, 2.24) is 10.3 Å². The monoisotopic (exact) mass is 242 g/mol. The Morgan fingerprint density at radius 2 is 2.25 bits per heavy atom. The minimum absolute atomic E-state index is 0.0643. The molecule has 0 saturated heterocycles. The van der Waals surface area contributed by atoms with Gasteiger partial charge in [0.2, 0.25) is 0 Å². The predicted octanol–water partition coefficient (Wildman–Crippen LogP) is 2.74. The van der Waals surface area contributed by atoms with Crippen LogP contribution in [-0.4, -0.2) is 23.7 Å². The van der Waals surface area contributed by atoms with E-state index in [-0.39, 0.29) is 5.60 Å². The lowest BCUT2D eigenvalue weighted by molar-refractivity contribution is 0.00844. The molecule has 0 amide bonds. The molecule has 0 aliphatic rings. The average Bonchev–Trinajstić information content (AvgIpc) is 2.61. The molecule has 0 fully saturated rings. The smallest absolute Gasteiger partial charge is 0.107 e. The van der Waals surface area contributed by atoms with E-state index in [1.807, 2.05) is 6.20 Å². The number of aromatic nitrogens is 1. The lowest BCUT2D eigenvalue weighted by atomic mass is 10.00. The maximum Gasteiger partial charge on any atom is 0.107 e. The standard InChI is InChI=1S/C12H22N2OS/c1-9(6-12(3,4)15-5)13-8-11-14-7-10(2)16-11/h7,9,13H,6,8H2,1-5H3. The van der Waals surface area contributed by atoms with E-state index in [1.54, 1.807) is 18.4 Å². The lowest BCUT2D eigenvalue weighted by Gasteiger charge is -2.26. The summed E-state index contributed by atoms with van der Waals surface area (Å²) in [5, 5.41) is 4.62. The highest BCUT2D eigenvalue weighted by atomic mass is 32.1. The number of aryl methyl sites for hydroxylation is 1. The van der Waals surface area contributed by atoms with Gasteiger partial charge in [-0.1, -0.05) is 0 Å². The molecule has 0 bridgehead atoms. The number of hydrogen-bond donors (Lipinski definition) is 1. The van der Waals surface area contributed by atoms with Crippen molar-refractivity contribution in [2.24, 2.45) is 0 Å². The summed E-state index contributed by atoms with van der Waals surface area (Å²) in [4.78, 5) is 5.59. The van der Waals surface area contributed by atoms with Crippen LogP contribution in [0.4, 0.5) is 0 Å². The third kappa shape index (κ3) is 4.60. The van der Waals surface area contributed by atoms with Gasteiger partial charge in [-0.25, -0.2) is 4.98 Å². The fourth-order valence-electron chi connectivity index (χ4n) is 1.64. The molecule has 0 aliphatic heterocycles. The highest BCUT2D eigenvalue weighted by Crippen LogP contribution is 2.16. The van der Waals surface area contributed by atoms with Crippen LogP contribution in [0.2, 0.25) is 0 Å². The summed E-state index contributed by atoms with van der Waals surface area (Å²) >= 11 is 1.75. The second-order valence-corrected chi connectivity index (χ2v) is 6.13. The van der Waals surface area contributed by atoms with E-state index in [0.29, 0.717) is 6.04 Å². The third-order valence-electron chi connectivity index (χ3n) is 2.62. The van der Waals surface area contributed by atoms with E-state index in [2.05, 4.69) is 38.0 Å². The van der Waals surface area contributed by atoms with Crippen molar-refractivity contribution < 1.29 is 4.74 Å². The molecular formula is C12H22N2OS. The van der Waals surface area contributed by atoms with Crippen LogP contribution < -0.4 is 5.32 Å². The Hall–Kier alpha value is -0.450. The molecule has 92 valence electrons. The van der Waals surface area contributed by atoms with E-state index < -0.39 is 0 Å². The first-order valence-electron chi connectivity index (χ1n) is 5.63. The van der Waals surface area contributed by atoms with E-state index in [1.165, 1.54) is 4.88 Å². The van der Waals surface area contributed by atoms with Crippen molar-refractivity contribution in [3.05, 3.63) is 16.1 Å². The summed E-state index contributed by atoms with van der Waals surface area (Å²) in [5.74, 6) is 0. The van der Waals surface area contributed by atoms with Gasteiger partial charge in [-0.15, -0.1) is 11.3 Å². The lowest BCUT2D eigenvalue weighted by Crippen LogP contribution is -2.35. The number of thiazole rings is 1. The molecule has 3 nitrogen and oxygen atoms in total. The topological polar surface area (TPSA) is 34.1 Å². The number of hydrogen-bond acceptors (Lipinski definition) is 4. The van der Waals surface area contributed by atoms with Gasteiger partial charge in [0.1, 0.15) is 5.01 Å².